The van der Waals surface area contributed by atoms with Gasteiger partial charge in [0.2, 0.25) is 0 Å². The van der Waals surface area contributed by atoms with Crippen LogP contribution in [-0.2, 0) is 4.74 Å². The number of anilines is 3. The van der Waals surface area contributed by atoms with Crippen LogP contribution in [0.2, 0.25) is 0 Å². The number of nitrogens with one attached hydrogen (secondary N) is 3. The van der Waals surface area contributed by atoms with E-state index in [-0.39, 0.29) is 31.1 Å². The molecular weight excluding hydrogens is 444 g/mol. The summed E-state index contributed by atoms with van der Waals surface area (Å²) in [6.45, 7) is 5.27. The van der Waals surface area contributed by atoms with Gasteiger partial charge in [-0.25, -0.2) is 23.5 Å². The van der Waals surface area contributed by atoms with Gasteiger partial charge in [-0.15, -0.1) is 0 Å². The molecular formula is C24H29F2N5O3. The zero-order valence-corrected chi connectivity index (χ0v) is 19.6. The van der Waals surface area contributed by atoms with Crippen molar-refractivity contribution in [2.24, 2.45) is 0 Å². The van der Waals surface area contributed by atoms with E-state index in [0.717, 1.165) is 0 Å². The van der Waals surface area contributed by atoms with Crippen molar-refractivity contribution in [2.75, 3.05) is 30.9 Å². The molecule has 0 saturated heterocycles. The minimum atomic E-state index is -1.34. The molecule has 0 bridgehead atoms. The molecule has 3 N–H and O–H groups in total. The highest BCUT2D eigenvalue weighted by Gasteiger charge is 2.15. The summed E-state index contributed by atoms with van der Waals surface area (Å²) in [7, 11) is 1.58. The Balaban J connectivity index is 1.66. The first-order valence-electron chi connectivity index (χ1n) is 10.9. The Hall–Kier alpha value is -3.53. The summed E-state index contributed by atoms with van der Waals surface area (Å²) >= 11 is 0. The van der Waals surface area contributed by atoms with E-state index in [4.69, 9.17) is 9.47 Å². The normalized spacial score (nSPS) is 12.3. The Morgan fingerprint density at radius 1 is 1.15 bits per heavy atom. The summed E-state index contributed by atoms with van der Waals surface area (Å²) in [5.74, 6) is 0.126. The highest BCUT2D eigenvalue weighted by molar-refractivity contribution is 5.92. The van der Waals surface area contributed by atoms with Gasteiger partial charge < -0.3 is 25.4 Å². The fourth-order valence-corrected chi connectivity index (χ4v) is 3.00. The van der Waals surface area contributed by atoms with Gasteiger partial charge in [-0.2, -0.15) is 0 Å². The number of nitrogens with zero attached hydrogens (tertiary/aromatic N) is 2. The number of rotatable bonds is 10. The van der Waals surface area contributed by atoms with Crippen LogP contribution in [0, 0.1) is 5.82 Å². The SMILES string of the molecule is CO[C@@H](C)COc1cc(F)c2c(Nc3ccc(NC(=O)NCCC(C)(C)F)cc3)ncnc2c1. The van der Waals surface area contributed by atoms with Gasteiger partial charge in [0.1, 0.15) is 36.0 Å². The quantitative estimate of drug-likeness (QED) is 0.375. The van der Waals surface area contributed by atoms with Gasteiger partial charge in [0.05, 0.1) is 17.0 Å². The number of amides is 2. The molecule has 0 radical (unpaired) electrons. The number of hydrogen-bond acceptors (Lipinski definition) is 6. The Kier molecular flexibility index (Phi) is 8.17. The zero-order chi connectivity index (χ0) is 24.7. The van der Waals surface area contributed by atoms with Crippen molar-refractivity contribution >= 4 is 34.1 Å². The van der Waals surface area contributed by atoms with Crippen LogP contribution < -0.4 is 20.7 Å². The third-order valence-electron chi connectivity index (χ3n) is 4.96. The first-order chi connectivity index (χ1) is 16.1. The number of carbonyl (C=O) groups excluding carboxylic acids is 1. The molecule has 0 fully saturated rings. The van der Waals surface area contributed by atoms with Crippen LogP contribution in [0.3, 0.4) is 0 Å². The second kappa shape index (κ2) is 11.1. The molecule has 0 spiro atoms. The monoisotopic (exact) mass is 473 g/mol. The second-order valence-corrected chi connectivity index (χ2v) is 8.43. The molecule has 0 aliphatic carbocycles. The van der Waals surface area contributed by atoms with Gasteiger partial charge in [0, 0.05) is 37.2 Å². The molecule has 8 nitrogen and oxygen atoms in total. The van der Waals surface area contributed by atoms with Crippen LogP contribution in [0.15, 0.2) is 42.7 Å². The molecule has 1 heterocycles. The van der Waals surface area contributed by atoms with Gasteiger partial charge in [0.25, 0.3) is 0 Å². The molecule has 10 heteroatoms. The summed E-state index contributed by atoms with van der Waals surface area (Å²) < 4.78 is 39.1. The number of aromatic nitrogens is 2. The number of urea groups is 1. The maximum atomic E-state index is 14.9. The van der Waals surface area contributed by atoms with Crippen molar-refractivity contribution < 1.29 is 23.0 Å². The fraction of sp³-hybridized carbons (Fsp3) is 0.375. The van der Waals surface area contributed by atoms with Crippen LogP contribution in [0.1, 0.15) is 27.2 Å². The number of carbonyl (C=O) groups is 1. The first kappa shape index (κ1) is 25.1. The lowest BCUT2D eigenvalue weighted by molar-refractivity contribution is 0.0716. The Labute approximate surface area is 197 Å². The van der Waals surface area contributed by atoms with Crippen molar-refractivity contribution in [1.29, 1.82) is 0 Å². The van der Waals surface area contributed by atoms with Crippen LogP contribution in [-0.4, -0.2) is 48.0 Å². The van der Waals surface area contributed by atoms with E-state index in [1.807, 2.05) is 6.92 Å². The third kappa shape index (κ3) is 7.24. The highest BCUT2D eigenvalue weighted by atomic mass is 19.1. The van der Waals surface area contributed by atoms with E-state index in [1.165, 1.54) is 26.2 Å². The summed E-state index contributed by atoms with van der Waals surface area (Å²) in [5, 5.41) is 8.59. The molecule has 0 aliphatic heterocycles. The van der Waals surface area contributed by atoms with Crippen molar-refractivity contribution in [3.05, 3.63) is 48.5 Å². The molecule has 0 aliphatic rings. The van der Waals surface area contributed by atoms with E-state index >= 15 is 0 Å². The standard InChI is InChI=1S/C24H29F2N5O3/c1-15(33-4)13-34-18-11-19(25)21-20(12-18)28-14-29-22(21)30-16-5-7-17(8-6-16)31-23(32)27-10-9-24(2,3)26/h5-8,11-12,14-15H,9-10,13H2,1-4H3,(H2,27,31,32)(H,28,29,30)/t15-/m0/s1. The molecule has 3 aromatic rings. The number of ether oxygens (including phenoxy) is 2. The molecule has 182 valence electrons. The molecule has 34 heavy (non-hydrogen) atoms. The molecule has 0 unspecified atom stereocenters. The predicted octanol–water partition coefficient (Wildman–Crippen LogP) is 5.19. The number of halogens is 2. The minimum Gasteiger partial charge on any atom is -0.491 e. The molecule has 0 saturated carbocycles. The van der Waals surface area contributed by atoms with Crippen molar-refractivity contribution in [2.45, 2.75) is 39.0 Å². The van der Waals surface area contributed by atoms with Crippen LogP contribution in [0.5, 0.6) is 5.75 Å². The van der Waals surface area contributed by atoms with Gasteiger partial charge in [-0.05, 0) is 51.5 Å². The lowest BCUT2D eigenvalue weighted by Crippen LogP contribution is -2.32. The van der Waals surface area contributed by atoms with Gasteiger partial charge in [-0.3, -0.25) is 0 Å². The van der Waals surface area contributed by atoms with E-state index in [1.54, 1.807) is 37.4 Å². The average molecular weight is 474 g/mol. The molecule has 2 amide bonds. The lowest BCUT2D eigenvalue weighted by atomic mass is 10.1. The first-order valence-corrected chi connectivity index (χ1v) is 10.9. The summed E-state index contributed by atoms with van der Waals surface area (Å²) in [6, 6.07) is 9.31. The third-order valence-corrected chi connectivity index (χ3v) is 4.96. The second-order valence-electron chi connectivity index (χ2n) is 8.43. The topological polar surface area (TPSA) is 97.4 Å². The Bertz CT molecular complexity index is 1120. The maximum Gasteiger partial charge on any atom is 0.319 e. The zero-order valence-electron chi connectivity index (χ0n) is 19.6. The number of benzene rings is 2. The predicted molar refractivity (Wildman–Crippen MR) is 128 cm³/mol. The minimum absolute atomic E-state index is 0.132. The van der Waals surface area contributed by atoms with Crippen LogP contribution in [0.4, 0.5) is 30.8 Å². The smallest absolute Gasteiger partial charge is 0.319 e. The maximum absolute atomic E-state index is 14.9. The van der Waals surface area contributed by atoms with Crippen molar-refractivity contribution in [3.8, 4) is 5.75 Å². The largest absolute Gasteiger partial charge is 0.491 e. The van der Waals surface area contributed by atoms with Crippen LogP contribution >= 0.6 is 0 Å². The fourth-order valence-electron chi connectivity index (χ4n) is 3.00. The number of alkyl halides is 1. The lowest BCUT2D eigenvalue weighted by Gasteiger charge is -2.15. The summed E-state index contributed by atoms with van der Waals surface area (Å²) in [5.41, 5.74) is 0.235. The summed E-state index contributed by atoms with van der Waals surface area (Å²) in [4.78, 5) is 20.3. The molecule has 1 atom stereocenters. The van der Waals surface area contributed by atoms with E-state index in [0.29, 0.717) is 28.5 Å². The van der Waals surface area contributed by atoms with E-state index in [2.05, 4.69) is 25.9 Å². The number of fused-ring (bicyclic) bond motifs is 1. The van der Waals surface area contributed by atoms with Gasteiger partial charge >= 0.3 is 6.03 Å². The molecule has 3 rings (SSSR count). The Morgan fingerprint density at radius 3 is 2.53 bits per heavy atom. The number of methoxy groups -OCH3 is 1. The Morgan fingerprint density at radius 2 is 1.85 bits per heavy atom. The van der Waals surface area contributed by atoms with E-state index in [9.17, 15) is 13.6 Å². The van der Waals surface area contributed by atoms with Crippen molar-refractivity contribution in [3.63, 3.8) is 0 Å². The van der Waals surface area contributed by atoms with Gasteiger partial charge in [0.15, 0.2) is 0 Å². The average Bonchev–Trinajstić information content (AvgIpc) is 2.77. The highest BCUT2D eigenvalue weighted by Crippen LogP contribution is 2.29. The van der Waals surface area contributed by atoms with Crippen molar-refractivity contribution in [1.82, 2.24) is 15.3 Å². The van der Waals surface area contributed by atoms with Crippen LogP contribution in [0.25, 0.3) is 10.9 Å². The number of hydrogen-bond donors (Lipinski definition) is 3. The summed E-state index contributed by atoms with van der Waals surface area (Å²) in [6.07, 6.45) is 1.42. The van der Waals surface area contributed by atoms with Gasteiger partial charge in [-0.1, -0.05) is 0 Å². The van der Waals surface area contributed by atoms with E-state index < -0.39 is 17.5 Å². The molecule has 1 aromatic heterocycles. The molecule has 2 aromatic carbocycles.